The third-order valence-electron chi connectivity index (χ3n) is 5.77. The maximum absolute atomic E-state index is 11.3. The fraction of sp³-hybridized carbons (Fsp3) is 0.526. The van der Waals surface area contributed by atoms with Crippen molar-refractivity contribution in [3.63, 3.8) is 0 Å². The molecule has 2 saturated heterocycles. The van der Waals surface area contributed by atoms with Crippen LogP contribution in [0, 0.1) is 13.8 Å². The number of hydrogen-bond donors (Lipinski definition) is 1. The molecule has 1 aromatic heterocycles. The zero-order chi connectivity index (χ0) is 16.2. The summed E-state index contributed by atoms with van der Waals surface area (Å²) in [6.07, 6.45) is 4.09. The van der Waals surface area contributed by atoms with Gasteiger partial charge in [-0.2, -0.15) is 5.10 Å². The highest BCUT2D eigenvalue weighted by molar-refractivity contribution is 5.40. The number of benzene rings is 1. The van der Waals surface area contributed by atoms with Crippen molar-refractivity contribution >= 4 is 0 Å². The first-order valence-corrected chi connectivity index (χ1v) is 8.55. The predicted molar refractivity (Wildman–Crippen MR) is 90.7 cm³/mol. The van der Waals surface area contributed by atoms with Crippen molar-refractivity contribution in [2.24, 2.45) is 0 Å². The van der Waals surface area contributed by atoms with Crippen molar-refractivity contribution in [3.8, 4) is 5.69 Å². The fourth-order valence-corrected chi connectivity index (χ4v) is 4.50. The van der Waals surface area contributed by atoms with Gasteiger partial charge in [-0.1, -0.05) is 12.1 Å². The first kappa shape index (κ1) is 14.9. The van der Waals surface area contributed by atoms with Crippen LogP contribution in [-0.4, -0.2) is 38.9 Å². The molecule has 0 saturated carbocycles. The average Bonchev–Trinajstić information content (AvgIpc) is 2.95. The van der Waals surface area contributed by atoms with Crippen molar-refractivity contribution in [2.75, 3.05) is 7.05 Å². The highest BCUT2D eigenvalue weighted by Gasteiger charge is 2.46. The second-order valence-electron chi connectivity index (χ2n) is 7.38. The summed E-state index contributed by atoms with van der Waals surface area (Å²) in [6.45, 7) is 4.08. The van der Waals surface area contributed by atoms with Gasteiger partial charge in [-0.3, -0.25) is 0 Å². The van der Waals surface area contributed by atoms with E-state index in [4.69, 9.17) is 0 Å². The lowest BCUT2D eigenvalue weighted by molar-refractivity contribution is -0.0493. The van der Waals surface area contributed by atoms with Gasteiger partial charge in [0.1, 0.15) is 0 Å². The quantitative estimate of drug-likeness (QED) is 0.927. The summed E-state index contributed by atoms with van der Waals surface area (Å²) in [5.41, 5.74) is 3.50. The number of piperidine rings is 1. The molecule has 2 aromatic rings. The molecular weight excluding hydrogens is 286 g/mol. The van der Waals surface area contributed by atoms with E-state index >= 15 is 0 Å². The molecule has 2 atom stereocenters. The van der Waals surface area contributed by atoms with Gasteiger partial charge in [0.05, 0.1) is 17.0 Å². The van der Waals surface area contributed by atoms with Gasteiger partial charge in [0.2, 0.25) is 0 Å². The van der Waals surface area contributed by atoms with E-state index in [-0.39, 0.29) is 0 Å². The minimum atomic E-state index is -0.704. The van der Waals surface area contributed by atoms with Crippen LogP contribution in [-0.2, 0) is 5.60 Å². The molecule has 2 aliphatic heterocycles. The Morgan fingerprint density at radius 2 is 1.83 bits per heavy atom. The van der Waals surface area contributed by atoms with E-state index in [1.807, 2.05) is 17.7 Å². The summed E-state index contributed by atoms with van der Waals surface area (Å²) in [4.78, 5) is 2.46. The zero-order valence-electron chi connectivity index (χ0n) is 14.2. The lowest BCUT2D eigenvalue weighted by Gasteiger charge is -2.42. The molecule has 0 amide bonds. The molecule has 23 heavy (non-hydrogen) atoms. The van der Waals surface area contributed by atoms with Crippen molar-refractivity contribution in [3.05, 3.63) is 47.3 Å². The maximum Gasteiger partial charge on any atom is 0.0927 e. The number of fused-ring (bicyclic) bond motifs is 2. The van der Waals surface area contributed by atoms with E-state index in [1.165, 1.54) is 12.8 Å². The van der Waals surface area contributed by atoms with E-state index < -0.39 is 5.60 Å². The SMILES string of the molecule is Cc1cc(C)n(-c2cccc(C3(O)CC4CCC(C3)N4C)c2)n1. The molecule has 4 heteroatoms. The average molecular weight is 311 g/mol. The van der Waals surface area contributed by atoms with Crippen molar-refractivity contribution in [1.29, 1.82) is 0 Å². The third kappa shape index (κ3) is 2.41. The molecule has 2 bridgehead atoms. The predicted octanol–water partition coefficient (Wildman–Crippen LogP) is 2.93. The van der Waals surface area contributed by atoms with E-state index in [9.17, 15) is 5.11 Å². The summed E-state index contributed by atoms with van der Waals surface area (Å²) in [5, 5.41) is 15.9. The lowest BCUT2D eigenvalue weighted by Crippen LogP contribution is -2.47. The van der Waals surface area contributed by atoms with Gasteiger partial charge in [0.15, 0.2) is 0 Å². The Balaban J connectivity index is 1.70. The van der Waals surface area contributed by atoms with Gasteiger partial charge in [-0.15, -0.1) is 0 Å². The summed E-state index contributed by atoms with van der Waals surface area (Å²) in [6, 6.07) is 11.4. The Morgan fingerprint density at radius 3 is 2.43 bits per heavy atom. The number of aryl methyl sites for hydroxylation is 2. The van der Waals surface area contributed by atoms with Crippen LogP contribution in [0.25, 0.3) is 5.69 Å². The van der Waals surface area contributed by atoms with Crippen LogP contribution in [0.1, 0.15) is 42.6 Å². The zero-order valence-corrected chi connectivity index (χ0v) is 14.2. The number of nitrogens with zero attached hydrogens (tertiary/aromatic N) is 3. The smallest absolute Gasteiger partial charge is 0.0927 e. The minimum Gasteiger partial charge on any atom is -0.385 e. The molecule has 3 heterocycles. The molecular formula is C19H25N3O. The van der Waals surface area contributed by atoms with E-state index in [2.05, 4.69) is 48.2 Å². The maximum atomic E-state index is 11.3. The van der Waals surface area contributed by atoms with Gasteiger partial charge in [-0.25, -0.2) is 4.68 Å². The Morgan fingerprint density at radius 1 is 1.13 bits per heavy atom. The van der Waals surface area contributed by atoms with E-state index in [0.29, 0.717) is 12.1 Å². The van der Waals surface area contributed by atoms with Gasteiger partial charge in [0.25, 0.3) is 0 Å². The van der Waals surface area contributed by atoms with Crippen LogP contribution in [0.3, 0.4) is 0 Å². The van der Waals surface area contributed by atoms with E-state index in [1.54, 1.807) is 0 Å². The van der Waals surface area contributed by atoms with Crippen LogP contribution >= 0.6 is 0 Å². The summed E-state index contributed by atoms with van der Waals surface area (Å²) in [7, 11) is 2.20. The number of aromatic nitrogens is 2. The molecule has 122 valence electrons. The molecule has 2 fully saturated rings. The van der Waals surface area contributed by atoms with Gasteiger partial charge >= 0.3 is 0 Å². The van der Waals surface area contributed by atoms with Crippen LogP contribution in [0.4, 0.5) is 0 Å². The third-order valence-corrected chi connectivity index (χ3v) is 5.77. The Bertz CT molecular complexity index is 722. The summed E-state index contributed by atoms with van der Waals surface area (Å²) < 4.78 is 1.96. The minimum absolute atomic E-state index is 0.510. The van der Waals surface area contributed by atoms with Crippen molar-refractivity contribution in [1.82, 2.24) is 14.7 Å². The Labute approximate surface area is 137 Å². The Hall–Kier alpha value is -1.65. The van der Waals surface area contributed by atoms with Crippen molar-refractivity contribution < 1.29 is 5.11 Å². The van der Waals surface area contributed by atoms with Gasteiger partial charge in [-0.05, 0) is 70.3 Å². The highest BCUT2D eigenvalue weighted by atomic mass is 16.3. The van der Waals surface area contributed by atoms with E-state index in [0.717, 1.165) is 35.5 Å². The van der Waals surface area contributed by atoms with Gasteiger partial charge in [0, 0.05) is 17.8 Å². The van der Waals surface area contributed by atoms with Crippen LogP contribution < -0.4 is 0 Å². The van der Waals surface area contributed by atoms with Crippen LogP contribution in [0.15, 0.2) is 30.3 Å². The molecule has 1 N–H and O–H groups in total. The molecule has 0 spiro atoms. The van der Waals surface area contributed by atoms with Crippen molar-refractivity contribution in [2.45, 2.75) is 57.2 Å². The standard InChI is InChI=1S/C19H25N3O/c1-13-9-14(2)22(20-13)16-6-4-5-15(10-16)19(23)11-17-7-8-18(12-19)21(17)3/h4-6,9-10,17-18,23H,7-8,11-12H2,1-3H3. The number of rotatable bonds is 2. The molecule has 2 aliphatic rings. The highest BCUT2D eigenvalue weighted by Crippen LogP contribution is 2.45. The van der Waals surface area contributed by atoms with Crippen LogP contribution in [0.5, 0.6) is 0 Å². The second-order valence-corrected chi connectivity index (χ2v) is 7.38. The first-order chi connectivity index (χ1) is 11.0. The van der Waals surface area contributed by atoms with Gasteiger partial charge < -0.3 is 10.0 Å². The molecule has 4 rings (SSSR count). The Kier molecular flexibility index (Phi) is 3.36. The summed E-state index contributed by atoms with van der Waals surface area (Å²) in [5.74, 6) is 0. The monoisotopic (exact) mass is 311 g/mol. The molecule has 4 nitrogen and oxygen atoms in total. The number of aliphatic hydroxyl groups is 1. The topological polar surface area (TPSA) is 41.3 Å². The second kappa shape index (κ2) is 5.18. The molecule has 1 aromatic carbocycles. The lowest BCUT2D eigenvalue weighted by atomic mass is 9.80. The molecule has 0 aliphatic carbocycles. The molecule has 2 unspecified atom stereocenters. The summed E-state index contributed by atoms with van der Waals surface area (Å²) >= 11 is 0. The first-order valence-electron chi connectivity index (χ1n) is 8.55. The molecule has 0 radical (unpaired) electrons. The van der Waals surface area contributed by atoms with Crippen LogP contribution in [0.2, 0.25) is 0 Å². The fourth-order valence-electron chi connectivity index (χ4n) is 4.50. The normalized spacial score (nSPS) is 30.8. The number of hydrogen-bond acceptors (Lipinski definition) is 3. The largest absolute Gasteiger partial charge is 0.385 e.